The second kappa shape index (κ2) is 6.52. The molecule has 0 saturated carbocycles. The molecule has 0 spiro atoms. The van der Waals surface area contributed by atoms with E-state index in [0.717, 1.165) is 24.8 Å². The molecule has 2 aromatic rings. The minimum absolute atomic E-state index is 0.253. The molecule has 0 bridgehead atoms. The fourth-order valence-electron chi connectivity index (χ4n) is 1.84. The predicted molar refractivity (Wildman–Crippen MR) is 80.1 cm³/mol. The number of benzene rings is 1. The van der Waals surface area contributed by atoms with Crippen molar-refractivity contribution < 1.29 is 8.42 Å². The summed E-state index contributed by atoms with van der Waals surface area (Å²) in [5, 5.41) is 0. The molecule has 0 fully saturated rings. The van der Waals surface area contributed by atoms with Gasteiger partial charge in [-0.3, -0.25) is 4.72 Å². The SMILES string of the molecule is CCCCc1ccc(S(=O)(=O)Nc2ccccn2)cc1. The van der Waals surface area contributed by atoms with Crippen LogP contribution in [0.25, 0.3) is 0 Å². The molecular formula is C15H18N2O2S. The number of sulfonamides is 1. The molecule has 0 radical (unpaired) electrons. The molecule has 1 aromatic heterocycles. The largest absolute Gasteiger partial charge is 0.263 e. The van der Waals surface area contributed by atoms with Gasteiger partial charge in [-0.1, -0.05) is 31.5 Å². The Morgan fingerprint density at radius 1 is 1.10 bits per heavy atom. The molecule has 0 aliphatic heterocycles. The first-order valence-corrected chi connectivity index (χ1v) is 8.13. The fraction of sp³-hybridized carbons (Fsp3) is 0.267. The van der Waals surface area contributed by atoms with Crippen molar-refractivity contribution in [2.24, 2.45) is 0 Å². The number of pyridine rings is 1. The lowest BCUT2D eigenvalue weighted by Crippen LogP contribution is -2.13. The molecule has 0 aliphatic carbocycles. The van der Waals surface area contributed by atoms with Gasteiger partial charge in [0.25, 0.3) is 10.0 Å². The van der Waals surface area contributed by atoms with Gasteiger partial charge in [0.05, 0.1) is 4.90 Å². The number of aromatic nitrogens is 1. The number of hydrogen-bond acceptors (Lipinski definition) is 3. The Hall–Kier alpha value is -1.88. The minimum atomic E-state index is -3.56. The van der Waals surface area contributed by atoms with E-state index in [9.17, 15) is 8.42 Å². The van der Waals surface area contributed by atoms with E-state index in [1.54, 1.807) is 36.5 Å². The highest BCUT2D eigenvalue weighted by Crippen LogP contribution is 2.15. The molecule has 0 saturated heterocycles. The van der Waals surface area contributed by atoms with E-state index in [1.165, 1.54) is 0 Å². The molecule has 0 unspecified atom stereocenters. The van der Waals surface area contributed by atoms with E-state index in [1.807, 2.05) is 12.1 Å². The molecule has 106 valence electrons. The maximum Gasteiger partial charge on any atom is 0.263 e. The van der Waals surface area contributed by atoms with Crippen LogP contribution >= 0.6 is 0 Å². The van der Waals surface area contributed by atoms with Crippen molar-refractivity contribution in [3.63, 3.8) is 0 Å². The van der Waals surface area contributed by atoms with Crippen LogP contribution in [0.15, 0.2) is 53.6 Å². The van der Waals surface area contributed by atoms with Crippen LogP contribution in [0.5, 0.6) is 0 Å². The first kappa shape index (κ1) is 14.5. The van der Waals surface area contributed by atoms with Gasteiger partial charge in [-0.25, -0.2) is 13.4 Å². The number of nitrogens with one attached hydrogen (secondary N) is 1. The average Bonchev–Trinajstić information content (AvgIpc) is 2.46. The molecule has 0 amide bonds. The van der Waals surface area contributed by atoms with Gasteiger partial charge < -0.3 is 0 Å². The maximum absolute atomic E-state index is 12.2. The Morgan fingerprint density at radius 3 is 2.45 bits per heavy atom. The molecule has 1 aromatic carbocycles. The number of aryl methyl sites for hydroxylation is 1. The van der Waals surface area contributed by atoms with E-state index < -0.39 is 10.0 Å². The van der Waals surface area contributed by atoms with Crippen molar-refractivity contribution >= 4 is 15.8 Å². The monoisotopic (exact) mass is 290 g/mol. The molecule has 2 rings (SSSR count). The van der Waals surface area contributed by atoms with Gasteiger partial charge in [-0.05, 0) is 42.7 Å². The van der Waals surface area contributed by atoms with Crippen LogP contribution in [0, 0.1) is 0 Å². The minimum Gasteiger partial charge on any atom is -0.263 e. The third-order valence-corrected chi connectivity index (χ3v) is 4.33. The molecule has 20 heavy (non-hydrogen) atoms. The van der Waals surface area contributed by atoms with Crippen LogP contribution in [-0.2, 0) is 16.4 Å². The third-order valence-electron chi connectivity index (χ3n) is 2.96. The molecule has 1 heterocycles. The number of hydrogen-bond donors (Lipinski definition) is 1. The summed E-state index contributed by atoms with van der Waals surface area (Å²) in [6.07, 6.45) is 4.76. The number of nitrogens with zero attached hydrogens (tertiary/aromatic N) is 1. The van der Waals surface area contributed by atoms with E-state index in [0.29, 0.717) is 5.82 Å². The summed E-state index contributed by atoms with van der Waals surface area (Å²) < 4.78 is 26.8. The summed E-state index contributed by atoms with van der Waals surface area (Å²) in [4.78, 5) is 4.21. The normalized spacial score (nSPS) is 11.2. The van der Waals surface area contributed by atoms with Crippen molar-refractivity contribution in [2.75, 3.05) is 4.72 Å². The zero-order valence-electron chi connectivity index (χ0n) is 11.4. The second-order valence-corrected chi connectivity index (χ2v) is 6.25. The van der Waals surface area contributed by atoms with Crippen LogP contribution < -0.4 is 4.72 Å². The van der Waals surface area contributed by atoms with E-state index in [4.69, 9.17) is 0 Å². The zero-order valence-corrected chi connectivity index (χ0v) is 12.2. The van der Waals surface area contributed by atoms with Crippen molar-refractivity contribution in [1.82, 2.24) is 4.98 Å². The highest BCUT2D eigenvalue weighted by molar-refractivity contribution is 7.92. The standard InChI is InChI=1S/C15H18N2O2S/c1-2-3-6-13-8-10-14(11-9-13)20(18,19)17-15-7-4-5-12-16-15/h4-5,7-12H,2-3,6H2,1H3,(H,16,17). The summed E-state index contributed by atoms with van der Waals surface area (Å²) in [6.45, 7) is 2.13. The van der Waals surface area contributed by atoms with E-state index >= 15 is 0 Å². The Balaban J connectivity index is 2.13. The van der Waals surface area contributed by atoms with Crippen LogP contribution in [0.3, 0.4) is 0 Å². The van der Waals surface area contributed by atoms with Gasteiger partial charge in [0.2, 0.25) is 0 Å². The van der Waals surface area contributed by atoms with Crippen LogP contribution in [0.2, 0.25) is 0 Å². The number of rotatable bonds is 6. The summed E-state index contributed by atoms with van der Waals surface area (Å²) in [7, 11) is -3.56. The Kier molecular flexibility index (Phi) is 4.74. The fourth-order valence-corrected chi connectivity index (χ4v) is 2.84. The quantitative estimate of drug-likeness (QED) is 0.888. The first-order chi connectivity index (χ1) is 9.62. The lowest BCUT2D eigenvalue weighted by Gasteiger charge is -2.08. The van der Waals surface area contributed by atoms with Crippen LogP contribution in [0.4, 0.5) is 5.82 Å². The van der Waals surface area contributed by atoms with Crippen LogP contribution in [0.1, 0.15) is 25.3 Å². The highest BCUT2D eigenvalue weighted by Gasteiger charge is 2.14. The van der Waals surface area contributed by atoms with Crippen LogP contribution in [-0.4, -0.2) is 13.4 Å². The summed E-state index contributed by atoms with van der Waals surface area (Å²) in [5.74, 6) is 0.322. The van der Waals surface area contributed by atoms with E-state index in [-0.39, 0.29) is 4.90 Å². The van der Waals surface area contributed by atoms with Gasteiger partial charge in [-0.2, -0.15) is 0 Å². The van der Waals surface area contributed by atoms with Crippen molar-refractivity contribution in [3.05, 3.63) is 54.2 Å². The Morgan fingerprint density at radius 2 is 1.85 bits per heavy atom. The van der Waals surface area contributed by atoms with Gasteiger partial charge in [0.15, 0.2) is 0 Å². The number of unbranched alkanes of at least 4 members (excludes halogenated alkanes) is 1. The number of anilines is 1. The molecule has 0 atom stereocenters. The third kappa shape index (κ3) is 3.81. The lowest BCUT2D eigenvalue weighted by molar-refractivity contribution is 0.601. The molecule has 1 N–H and O–H groups in total. The van der Waals surface area contributed by atoms with E-state index in [2.05, 4.69) is 16.6 Å². The van der Waals surface area contributed by atoms with Gasteiger partial charge in [0, 0.05) is 6.20 Å². The molecule has 5 heteroatoms. The summed E-state index contributed by atoms with van der Waals surface area (Å²) in [5.41, 5.74) is 1.16. The van der Waals surface area contributed by atoms with Gasteiger partial charge in [-0.15, -0.1) is 0 Å². The summed E-state index contributed by atoms with van der Waals surface area (Å²) in [6, 6.07) is 12.1. The highest BCUT2D eigenvalue weighted by atomic mass is 32.2. The second-order valence-electron chi connectivity index (χ2n) is 4.57. The molecular weight excluding hydrogens is 272 g/mol. The average molecular weight is 290 g/mol. The van der Waals surface area contributed by atoms with Gasteiger partial charge >= 0.3 is 0 Å². The first-order valence-electron chi connectivity index (χ1n) is 6.64. The van der Waals surface area contributed by atoms with Crippen molar-refractivity contribution in [3.8, 4) is 0 Å². The predicted octanol–water partition coefficient (Wildman–Crippen LogP) is 3.23. The maximum atomic E-state index is 12.2. The smallest absolute Gasteiger partial charge is 0.263 e. The lowest BCUT2D eigenvalue weighted by atomic mass is 10.1. The molecule has 4 nitrogen and oxygen atoms in total. The van der Waals surface area contributed by atoms with Gasteiger partial charge in [0.1, 0.15) is 5.82 Å². The molecule has 0 aliphatic rings. The van der Waals surface area contributed by atoms with Crippen molar-refractivity contribution in [2.45, 2.75) is 31.1 Å². The Bertz CT molecular complexity index is 637. The Labute approximate surface area is 119 Å². The zero-order chi connectivity index (χ0) is 14.4. The summed E-state index contributed by atoms with van der Waals surface area (Å²) >= 11 is 0. The topological polar surface area (TPSA) is 59.1 Å². The van der Waals surface area contributed by atoms with Crippen molar-refractivity contribution in [1.29, 1.82) is 0 Å².